The zero-order valence-corrected chi connectivity index (χ0v) is 31.6. The fraction of sp³-hybridized carbons (Fsp3) is 0.156. The molecule has 8 rings (SSSR count). The molecule has 0 radical (unpaired) electrons. The second-order valence-electron chi connectivity index (χ2n) is 14.4. The molecule has 0 aliphatic carbocycles. The van der Waals surface area contributed by atoms with Gasteiger partial charge in [-0.3, -0.25) is 0 Å². The molecule has 0 saturated heterocycles. The molecule has 0 saturated carbocycles. The van der Waals surface area contributed by atoms with Crippen molar-refractivity contribution >= 4 is 33.2 Å². The van der Waals surface area contributed by atoms with Gasteiger partial charge in [0.1, 0.15) is 5.82 Å². The van der Waals surface area contributed by atoms with E-state index in [2.05, 4.69) is 171 Å². The third-order valence-electron chi connectivity index (χ3n) is 9.65. The van der Waals surface area contributed by atoms with Crippen molar-refractivity contribution in [2.75, 3.05) is 9.80 Å². The second kappa shape index (κ2) is 13.5. The molecule has 6 heteroatoms. The molecule has 51 heavy (non-hydrogen) atoms. The molecule has 1 aliphatic rings. The summed E-state index contributed by atoms with van der Waals surface area (Å²) in [5.74, 6) is 2.06. The number of ether oxygens (including phenoxy) is 1. The van der Waals surface area contributed by atoms with Crippen LogP contribution >= 0.6 is 0 Å². The summed E-state index contributed by atoms with van der Waals surface area (Å²) < 4.78 is 8.64. The van der Waals surface area contributed by atoms with E-state index in [9.17, 15) is 0 Å². The molecular weight excluding hydrogens is 808 g/mol. The molecular formula is C45H39N4OPt-3. The maximum absolute atomic E-state index is 6.45. The zero-order chi connectivity index (χ0) is 34.5. The first-order valence-electron chi connectivity index (χ1n) is 17.0. The largest absolute Gasteiger partial charge is 0.509 e. The molecule has 5 nitrogen and oxygen atoms in total. The normalized spacial score (nSPS) is 13.2. The molecule has 0 unspecified atom stereocenters. The van der Waals surface area contributed by atoms with Gasteiger partial charge in [-0.2, -0.15) is 12.1 Å². The maximum Gasteiger partial charge on any atom is 0.135 e. The summed E-state index contributed by atoms with van der Waals surface area (Å²) in [6.45, 7) is 13.3. The molecule has 0 atom stereocenters. The van der Waals surface area contributed by atoms with E-state index in [0.717, 1.165) is 39.0 Å². The summed E-state index contributed by atoms with van der Waals surface area (Å²) in [6, 6.07) is 49.1. The van der Waals surface area contributed by atoms with Gasteiger partial charge in [0.2, 0.25) is 0 Å². The van der Waals surface area contributed by atoms with Crippen LogP contribution in [0.3, 0.4) is 0 Å². The molecule has 0 amide bonds. The van der Waals surface area contributed by atoms with Gasteiger partial charge < -0.3 is 19.1 Å². The van der Waals surface area contributed by atoms with E-state index >= 15 is 0 Å². The summed E-state index contributed by atoms with van der Waals surface area (Å²) in [5, 5.41) is 2.23. The van der Waals surface area contributed by atoms with Gasteiger partial charge in [-0.25, -0.2) is 4.98 Å². The Hall–Kier alpha value is -5.12. The molecule has 0 N–H and O–H groups in total. The fourth-order valence-corrected chi connectivity index (χ4v) is 6.67. The number of fused-ring (bicyclic) bond motifs is 3. The quantitative estimate of drug-likeness (QED) is 0.150. The van der Waals surface area contributed by atoms with Gasteiger partial charge in [0.05, 0.1) is 0 Å². The third-order valence-corrected chi connectivity index (χ3v) is 9.65. The Labute approximate surface area is 315 Å². The van der Waals surface area contributed by atoms with Crippen LogP contribution in [0.15, 0.2) is 140 Å². The van der Waals surface area contributed by atoms with E-state index in [1.165, 1.54) is 16.7 Å². The summed E-state index contributed by atoms with van der Waals surface area (Å²) in [7, 11) is 0. The van der Waals surface area contributed by atoms with Gasteiger partial charge >= 0.3 is 0 Å². The smallest absolute Gasteiger partial charge is 0.135 e. The number of aromatic nitrogens is 2. The van der Waals surface area contributed by atoms with Gasteiger partial charge in [-0.05, 0) is 70.2 Å². The van der Waals surface area contributed by atoms with E-state index in [1.54, 1.807) is 0 Å². The Balaban J connectivity index is 0.00000406. The van der Waals surface area contributed by atoms with E-state index in [0.29, 0.717) is 11.5 Å². The first kappa shape index (κ1) is 34.3. The van der Waals surface area contributed by atoms with Crippen LogP contribution in [0.1, 0.15) is 51.3 Å². The molecule has 3 heterocycles. The van der Waals surface area contributed by atoms with Crippen molar-refractivity contribution in [3.05, 3.63) is 175 Å². The van der Waals surface area contributed by atoms with Crippen molar-refractivity contribution in [3.8, 4) is 17.3 Å². The van der Waals surface area contributed by atoms with Gasteiger partial charge in [-0.15, -0.1) is 48.1 Å². The molecule has 0 bridgehead atoms. The molecule has 7 aromatic rings. The fourth-order valence-electron chi connectivity index (χ4n) is 6.67. The van der Waals surface area contributed by atoms with E-state index in [4.69, 9.17) is 9.72 Å². The van der Waals surface area contributed by atoms with Crippen LogP contribution in [0.2, 0.25) is 0 Å². The number of rotatable bonds is 7. The standard InChI is InChI=1S/C45H39N4O.Pt/c1-44(2,3)33-15-11-16-35(27-33)47-25-26-48(31-47)36-17-12-18-37(29-36)50-38-21-22-40-39-19-9-10-20-41(39)49(42(40)30-38)43-28-34(23-24-46-43)45(4,5)32-13-7-6-8-14-32;/h6-28,31H,1-5H3;/q-3;. The van der Waals surface area contributed by atoms with Gasteiger partial charge in [0.15, 0.2) is 0 Å². The van der Waals surface area contributed by atoms with Crippen molar-refractivity contribution in [2.24, 2.45) is 0 Å². The Morgan fingerprint density at radius 1 is 0.627 bits per heavy atom. The number of nitrogens with zero attached hydrogens (tertiary/aromatic N) is 4. The van der Waals surface area contributed by atoms with Gasteiger partial charge in [0, 0.05) is 55.4 Å². The Bertz CT molecular complexity index is 2370. The number of benzene rings is 5. The SMILES string of the molecule is CC(C)(C)c1cccc(N2C=CN(c3[c-]c(Oc4[c-]c5c(cc4)c4ccccc4n5-c4cc(C(C)(C)c5ccccc5)ccn4)ccc3)[CH-]2)c1.[Pt]. The first-order valence-corrected chi connectivity index (χ1v) is 17.0. The molecule has 1 aliphatic heterocycles. The van der Waals surface area contributed by atoms with Crippen LogP contribution < -0.4 is 14.5 Å². The van der Waals surface area contributed by atoms with Crippen LogP contribution in [-0.4, -0.2) is 9.55 Å². The molecule has 0 spiro atoms. The summed E-state index contributed by atoms with van der Waals surface area (Å²) in [4.78, 5) is 9.06. The van der Waals surface area contributed by atoms with Crippen LogP contribution in [0, 0.1) is 18.8 Å². The Morgan fingerprint density at radius 3 is 2.18 bits per heavy atom. The minimum Gasteiger partial charge on any atom is -0.509 e. The Kier molecular flexibility index (Phi) is 9.12. The monoisotopic (exact) mass is 846 g/mol. The summed E-state index contributed by atoms with van der Waals surface area (Å²) in [6.07, 6.45) is 6.01. The summed E-state index contributed by atoms with van der Waals surface area (Å²) in [5.41, 5.74) is 7.58. The predicted octanol–water partition coefficient (Wildman–Crippen LogP) is 11.1. The van der Waals surface area contributed by atoms with Gasteiger partial charge in [0.25, 0.3) is 0 Å². The van der Waals surface area contributed by atoms with Crippen LogP contribution in [-0.2, 0) is 31.9 Å². The molecule has 0 fully saturated rings. The molecule has 2 aromatic heterocycles. The number of anilines is 2. The minimum absolute atomic E-state index is 0. The number of hydrogen-bond donors (Lipinski definition) is 0. The average molecular weight is 847 g/mol. The Morgan fingerprint density at radius 2 is 1.35 bits per heavy atom. The average Bonchev–Trinajstić information content (AvgIpc) is 3.76. The van der Waals surface area contributed by atoms with Crippen LogP contribution in [0.5, 0.6) is 11.5 Å². The van der Waals surface area contributed by atoms with Crippen LogP contribution in [0.25, 0.3) is 27.6 Å². The summed E-state index contributed by atoms with van der Waals surface area (Å²) >= 11 is 0. The van der Waals surface area contributed by atoms with Gasteiger partial charge in [-0.1, -0.05) is 101 Å². The maximum atomic E-state index is 6.45. The van der Waals surface area contributed by atoms with Crippen LogP contribution in [0.4, 0.5) is 11.4 Å². The number of pyridine rings is 1. The van der Waals surface area contributed by atoms with Crippen molar-refractivity contribution in [2.45, 2.75) is 45.4 Å². The van der Waals surface area contributed by atoms with E-state index in [1.807, 2.05) is 36.7 Å². The minimum atomic E-state index is -0.202. The second-order valence-corrected chi connectivity index (χ2v) is 14.4. The zero-order valence-electron chi connectivity index (χ0n) is 29.4. The molecule has 258 valence electrons. The topological polar surface area (TPSA) is 33.5 Å². The predicted molar refractivity (Wildman–Crippen MR) is 205 cm³/mol. The number of para-hydroxylation sites is 1. The molecule has 5 aromatic carbocycles. The first-order chi connectivity index (χ1) is 24.1. The van der Waals surface area contributed by atoms with E-state index in [-0.39, 0.29) is 31.9 Å². The number of hydrogen-bond acceptors (Lipinski definition) is 4. The van der Waals surface area contributed by atoms with Crippen molar-refractivity contribution in [1.82, 2.24) is 9.55 Å². The van der Waals surface area contributed by atoms with Crippen molar-refractivity contribution in [3.63, 3.8) is 0 Å². The van der Waals surface area contributed by atoms with E-state index < -0.39 is 0 Å². The van der Waals surface area contributed by atoms with Crippen molar-refractivity contribution < 1.29 is 25.8 Å². The van der Waals surface area contributed by atoms with Crippen molar-refractivity contribution in [1.29, 1.82) is 0 Å². The third kappa shape index (κ3) is 6.59.